The summed E-state index contributed by atoms with van der Waals surface area (Å²) in [6.45, 7) is 3.71. The maximum Gasteiger partial charge on any atom is 0.264 e. The predicted molar refractivity (Wildman–Crippen MR) is 149 cm³/mol. The van der Waals surface area contributed by atoms with Gasteiger partial charge in [-0.05, 0) is 73.9 Å². The fourth-order valence-electron chi connectivity index (χ4n) is 4.20. The Labute approximate surface area is 229 Å². The van der Waals surface area contributed by atoms with Crippen LogP contribution < -0.4 is 14.4 Å². The largest absolute Gasteiger partial charge is 0.494 e. The van der Waals surface area contributed by atoms with E-state index in [2.05, 4.69) is 5.32 Å². The van der Waals surface area contributed by atoms with Gasteiger partial charge in [-0.25, -0.2) is 12.8 Å². The smallest absolute Gasteiger partial charge is 0.264 e. The van der Waals surface area contributed by atoms with Crippen LogP contribution in [0.5, 0.6) is 5.75 Å². The van der Waals surface area contributed by atoms with Gasteiger partial charge in [-0.15, -0.1) is 0 Å². The van der Waals surface area contributed by atoms with Crippen LogP contribution in [0.2, 0.25) is 0 Å². The summed E-state index contributed by atoms with van der Waals surface area (Å²) in [7, 11) is -2.78. The first-order valence-electron chi connectivity index (χ1n) is 12.8. The third-order valence-electron chi connectivity index (χ3n) is 6.23. The van der Waals surface area contributed by atoms with Gasteiger partial charge >= 0.3 is 0 Å². The molecule has 0 aliphatic rings. The first-order valence-corrected chi connectivity index (χ1v) is 14.2. The Morgan fingerprint density at radius 3 is 2.15 bits per heavy atom. The molecule has 3 aromatic carbocycles. The molecule has 0 saturated heterocycles. The zero-order valence-corrected chi connectivity index (χ0v) is 23.2. The summed E-state index contributed by atoms with van der Waals surface area (Å²) in [6.07, 6.45) is 0.821. The van der Waals surface area contributed by atoms with Gasteiger partial charge in [0.15, 0.2) is 0 Å². The fraction of sp³-hybridized carbons (Fsp3) is 0.310. The van der Waals surface area contributed by atoms with E-state index in [1.807, 2.05) is 37.3 Å². The van der Waals surface area contributed by atoms with Gasteiger partial charge in [0, 0.05) is 13.6 Å². The molecule has 0 bridgehead atoms. The van der Waals surface area contributed by atoms with Gasteiger partial charge in [0.2, 0.25) is 11.8 Å². The van der Waals surface area contributed by atoms with E-state index in [9.17, 15) is 22.4 Å². The monoisotopic (exact) mass is 555 g/mol. The van der Waals surface area contributed by atoms with Crippen LogP contribution in [-0.4, -0.2) is 57.9 Å². The summed E-state index contributed by atoms with van der Waals surface area (Å²) in [6, 6.07) is 19.5. The fourth-order valence-corrected chi connectivity index (χ4v) is 5.61. The number of rotatable bonds is 13. The number of nitrogens with zero attached hydrogens (tertiary/aromatic N) is 2. The van der Waals surface area contributed by atoms with Crippen LogP contribution in [-0.2, 0) is 26.0 Å². The summed E-state index contributed by atoms with van der Waals surface area (Å²) in [4.78, 5) is 27.8. The second kappa shape index (κ2) is 13.7. The van der Waals surface area contributed by atoms with E-state index >= 15 is 0 Å². The van der Waals surface area contributed by atoms with Gasteiger partial charge in [0.05, 0.1) is 17.2 Å². The molecule has 0 aliphatic heterocycles. The van der Waals surface area contributed by atoms with Gasteiger partial charge in [-0.1, -0.05) is 37.3 Å². The minimum atomic E-state index is -4.27. The Kier molecular flexibility index (Phi) is 10.4. The highest BCUT2D eigenvalue weighted by atomic mass is 32.2. The second-order valence-corrected chi connectivity index (χ2v) is 10.6. The summed E-state index contributed by atoms with van der Waals surface area (Å²) >= 11 is 0. The number of ether oxygens (including phenoxy) is 1. The average molecular weight is 556 g/mol. The topological polar surface area (TPSA) is 96.0 Å². The first kappa shape index (κ1) is 29.6. The third-order valence-corrected chi connectivity index (χ3v) is 8.02. The lowest BCUT2D eigenvalue weighted by atomic mass is 10.1. The van der Waals surface area contributed by atoms with Crippen LogP contribution in [0, 0.1) is 5.82 Å². The molecule has 8 nitrogen and oxygen atoms in total. The number of carbonyl (C=O) groups excluding carboxylic acids is 2. The van der Waals surface area contributed by atoms with E-state index in [1.54, 1.807) is 31.2 Å². The molecule has 0 aliphatic carbocycles. The van der Waals surface area contributed by atoms with Gasteiger partial charge in [-0.2, -0.15) is 0 Å². The zero-order chi connectivity index (χ0) is 28.4. The standard InChI is InChI=1S/C29H34FN3O5S/c1-4-27(29(35)31-3)32(20-19-22-9-7-6-8-10-22)28(34)21-33(24-13-15-25(16-14-24)38-5-2)39(36,37)26-17-11-23(30)12-18-26/h6-18,27H,4-5,19-21H2,1-3H3,(H,31,35)/t27-/m1/s1. The normalized spacial score (nSPS) is 11.9. The molecule has 208 valence electrons. The van der Waals surface area contributed by atoms with Crippen LogP contribution in [0.3, 0.4) is 0 Å². The Balaban J connectivity index is 2.00. The van der Waals surface area contributed by atoms with Crippen molar-refractivity contribution in [2.75, 3.05) is 31.0 Å². The molecule has 1 N–H and O–H groups in total. The second-order valence-electron chi connectivity index (χ2n) is 8.75. The zero-order valence-electron chi connectivity index (χ0n) is 22.3. The van der Waals surface area contributed by atoms with E-state index in [0.717, 1.165) is 34.1 Å². The molecule has 0 fully saturated rings. The lowest BCUT2D eigenvalue weighted by Gasteiger charge is -2.33. The van der Waals surface area contributed by atoms with Crippen molar-refractivity contribution in [3.05, 3.63) is 90.2 Å². The van der Waals surface area contributed by atoms with Crippen molar-refractivity contribution < 1.29 is 27.1 Å². The Morgan fingerprint density at radius 1 is 0.949 bits per heavy atom. The van der Waals surface area contributed by atoms with Crippen molar-refractivity contribution in [2.24, 2.45) is 0 Å². The van der Waals surface area contributed by atoms with Crippen LogP contribution in [0.15, 0.2) is 83.8 Å². The molecule has 0 spiro atoms. The molecule has 3 rings (SSSR count). The van der Waals surface area contributed by atoms with Gasteiger partial charge < -0.3 is 15.0 Å². The Bertz CT molecular complexity index is 1330. The van der Waals surface area contributed by atoms with E-state index in [4.69, 9.17) is 4.74 Å². The number of halogens is 1. The number of benzene rings is 3. The van der Waals surface area contributed by atoms with Crippen molar-refractivity contribution in [1.29, 1.82) is 0 Å². The SMILES string of the molecule is CCOc1ccc(N(CC(=O)N(CCc2ccccc2)[C@H](CC)C(=O)NC)S(=O)(=O)c2ccc(F)cc2)cc1. The van der Waals surface area contributed by atoms with Crippen LogP contribution in [0.4, 0.5) is 10.1 Å². The maximum atomic E-state index is 13.8. The minimum absolute atomic E-state index is 0.167. The van der Waals surface area contributed by atoms with Crippen LogP contribution in [0.1, 0.15) is 25.8 Å². The molecule has 39 heavy (non-hydrogen) atoms. The molecular formula is C29H34FN3O5S. The third kappa shape index (κ3) is 7.57. The summed E-state index contributed by atoms with van der Waals surface area (Å²) in [5.41, 5.74) is 1.21. The molecule has 0 radical (unpaired) electrons. The number of nitrogens with one attached hydrogen (secondary N) is 1. The summed E-state index contributed by atoms with van der Waals surface area (Å²) < 4.78 is 47.5. The highest BCUT2D eigenvalue weighted by Gasteiger charge is 2.33. The minimum Gasteiger partial charge on any atom is -0.494 e. The number of carbonyl (C=O) groups is 2. The number of hydrogen-bond donors (Lipinski definition) is 1. The van der Waals surface area contributed by atoms with Gasteiger partial charge in [0.25, 0.3) is 10.0 Å². The van der Waals surface area contributed by atoms with Crippen LogP contribution in [0.25, 0.3) is 0 Å². The van der Waals surface area contributed by atoms with Crippen molar-refractivity contribution in [2.45, 2.75) is 37.6 Å². The maximum absolute atomic E-state index is 13.8. The lowest BCUT2D eigenvalue weighted by molar-refractivity contribution is -0.139. The number of anilines is 1. The molecule has 2 amide bonds. The average Bonchev–Trinajstić information content (AvgIpc) is 2.95. The van der Waals surface area contributed by atoms with E-state index < -0.39 is 34.3 Å². The van der Waals surface area contributed by atoms with Gasteiger partial charge in [-0.3, -0.25) is 13.9 Å². The molecule has 3 aromatic rings. The van der Waals surface area contributed by atoms with E-state index in [0.29, 0.717) is 25.2 Å². The molecule has 0 saturated carbocycles. The number of likely N-dealkylation sites (N-methyl/N-ethyl adjacent to an activating group) is 1. The highest BCUT2D eigenvalue weighted by molar-refractivity contribution is 7.92. The summed E-state index contributed by atoms with van der Waals surface area (Å²) in [5.74, 6) is -0.920. The molecular weight excluding hydrogens is 521 g/mol. The first-order chi connectivity index (χ1) is 18.7. The number of amides is 2. The molecule has 0 heterocycles. The number of hydrogen-bond acceptors (Lipinski definition) is 5. The molecule has 1 atom stereocenters. The number of sulfonamides is 1. The quantitative estimate of drug-likeness (QED) is 0.344. The predicted octanol–water partition coefficient (Wildman–Crippen LogP) is 4.02. The van der Waals surface area contributed by atoms with Crippen LogP contribution >= 0.6 is 0 Å². The molecule has 10 heteroatoms. The highest BCUT2D eigenvalue weighted by Crippen LogP contribution is 2.27. The van der Waals surface area contributed by atoms with Crippen molar-refractivity contribution >= 4 is 27.5 Å². The van der Waals surface area contributed by atoms with Crippen molar-refractivity contribution in [1.82, 2.24) is 10.2 Å². The molecule has 0 unspecified atom stereocenters. The lowest BCUT2D eigenvalue weighted by Crippen LogP contribution is -2.52. The Hall–Kier alpha value is -3.92. The van der Waals surface area contributed by atoms with Gasteiger partial charge in [0.1, 0.15) is 24.2 Å². The summed E-state index contributed by atoms with van der Waals surface area (Å²) in [5, 5.41) is 2.60. The van der Waals surface area contributed by atoms with E-state index in [1.165, 1.54) is 11.9 Å². The van der Waals surface area contributed by atoms with Crippen molar-refractivity contribution in [3.63, 3.8) is 0 Å². The molecule has 0 aromatic heterocycles. The van der Waals surface area contributed by atoms with E-state index in [-0.39, 0.29) is 23.0 Å². The Morgan fingerprint density at radius 2 is 1.59 bits per heavy atom. The van der Waals surface area contributed by atoms with Crippen molar-refractivity contribution in [3.8, 4) is 5.75 Å².